The van der Waals surface area contributed by atoms with Gasteiger partial charge in [0.1, 0.15) is 12.4 Å². The molecule has 0 amide bonds. The summed E-state index contributed by atoms with van der Waals surface area (Å²) in [7, 11) is 3.60. The third kappa shape index (κ3) is 3.11. The molecular formula is C9H12ClNO. The van der Waals surface area contributed by atoms with E-state index in [1.54, 1.807) is 6.07 Å². The second-order valence-electron chi connectivity index (χ2n) is 2.38. The van der Waals surface area contributed by atoms with Crippen LogP contribution < -0.4 is 10.1 Å². The Hall–Kier alpha value is -0.730. The van der Waals surface area contributed by atoms with Crippen molar-refractivity contribution in [1.82, 2.24) is 0 Å². The molecule has 0 fully saturated rings. The molecule has 0 radical (unpaired) electrons. The summed E-state index contributed by atoms with van der Waals surface area (Å²) in [5.74, 6) is 0.810. The van der Waals surface area contributed by atoms with Crippen molar-refractivity contribution < 1.29 is 10.1 Å². The lowest BCUT2D eigenvalue weighted by atomic mass is 10.3. The molecule has 66 valence electrons. The highest BCUT2D eigenvalue weighted by Gasteiger charge is 1.93. The summed E-state index contributed by atoms with van der Waals surface area (Å²) in [6, 6.07) is 7.37. The lowest BCUT2D eigenvalue weighted by Gasteiger charge is -2.05. The second kappa shape index (κ2) is 5.01. The number of rotatable bonds is 4. The largest absolute Gasteiger partial charge is 0.488 e. The van der Waals surface area contributed by atoms with Crippen molar-refractivity contribution >= 4 is 11.6 Å². The molecule has 0 saturated carbocycles. The number of hydrogen-bond acceptors (Lipinski definition) is 1. The molecule has 1 aromatic carbocycles. The maximum Gasteiger partial charge on any atom is 0.135 e. The standard InChI is InChI=1S/C9H12ClNO/c1-11-5-6-12-9-4-2-3-8(10)7-9/h2-4,7H,1,5-6,11H2. The molecule has 0 aliphatic rings. The van der Waals surface area contributed by atoms with Crippen molar-refractivity contribution in [1.29, 1.82) is 0 Å². The summed E-state index contributed by atoms with van der Waals surface area (Å²) in [6.45, 7) is 1.51. The molecule has 0 atom stereocenters. The first kappa shape index (κ1) is 9.36. The molecule has 0 aromatic heterocycles. The van der Waals surface area contributed by atoms with Gasteiger partial charge in [-0.15, -0.1) is 0 Å². The lowest BCUT2D eigenvalue weighted by Crippen LogP contribution is -2.78. The first-order valence-electron chi connectivity index (χ1n) is 3.82. The summed E-state index contributed by atoms with van der Waals surface area (Å²) in [5, 5.41) is 2.52. The Morgan fingerprint density at radius 2 is 2.33 bits per heavy atom. The van der Waals surface area contributed by atoms with E-state index >= 15 is 0 Å². The van der Waals surface area contributed by atoms with Crippen molar-refractivity contribution in [3.8, 4) is 5.75 Å². The third-order valence-corrected chi connectivity index (χ3v) is 1.62. The fraction of sp³-hybridized carbons (Fsp3) is 0.222. The van der Waals surface area contributed by atoms with Crippen molar-refractivity contribution in [3.05, 3.63) is 36.3 Å². The van der Waals surface area contributed by atoms with E-state index in [1.807, 2.05) is 23.5 Å². The molecule has 0 spiro atoms. The van der Waals surface area contributed by atoms with Crippen molar-refractivity contribution in [2.75, 3.05) is 13.2 Å². The van der Waals surface area contributed by atoms with Crippen LogP contribution >= 0.6 is 11.6 Å². The van der Waals surface area contributed by atoms with Gasteiger partial charge < -0.3 is 10.1 Å². The molecule has 1 aromatic rings. The van der Waals surface area contributed by atoms with Gasteiger partial charge >= 0.3 is 0 Å². The molecule has 12 heavy (non-hydrogen) atoms. The smallest absolute Gasteiger partial charge is 0.135 e. The van der Waals surface area contributed by atoms with Crippen LogP contribution in [0.4, 0.5) is 0 Å². The Labute approximate surface area is 77.5 Å². The zero-order valence-electron chi connectivity index (χ0n) is 6.79. The SMILES string of the molecule is [CH2-][NH2+]CCOc1cccc(Cl)c1. The van der Waals surface area contributed by atoms with Gasteiger partial charge in [-0.05, 0) is 18.2 Å². The van der Waals surface area contributed by atoms with E-state index in [0.29, 0.717) is 11.6 Å². The number of quaternary nitrogens is 1. The van der Waals surface area contributed by atoms with E-state index in [1.165, 1.54) is 0 Å². The maximum absolute atomic E-state index is 5.76. The predicted octanol–water partition coefficient (Wildman–Crippen LogP) is 1.07. The molecule has 0 unspecified atom stereocenters. The summed E-state index contributed by atoms with van der Waals surface area (Å²) in [4.78, 5) is 0. The highest BCUT2D eigenvalue weighted by Crippen LogP contribution is 2.16. The first-order chi connectivity index (χ1) is 5.83. The molecule has 0 aliphatic carbocycles. The summed E-state index contributed by atoms with van der Waals surface area (Å²) < 4.78 is 5.37. The van der Waals surface area contributed by atoms with Crippen molar-refractivity contribution in [3.63, 3.8) is 0 Å². The molecular weight excluding hydrogens is 174 g/mol. The van der Waals surface area contributed by atoms with Crippen LogP contribution in [0.3, 0.4) is 0 Å². The second-order valence-corrected chi connectivity index (χ2v) is 2.82. The lowest BCUT2D eigenvalue weighted by molar-refractivity contribution is -0.596. The van der Waals surface area contributed by atoms with Crippen LogP contribution in [0, 0.1) is 7.05 Å². The van der Waals surface area contributed by atoms with Gasteiger partial charge in [0.15, 0.2) is 0 Å². The quantitative estimate of drug-likeness (QED) is 0.551. The van der Waals surface area contributed by atoms with E-state index < -0.39 is 0 Å². The Kier molecular flexibility index (Phi) is 3.91. The topological polar surface area (TPSA) is 25.8 Å². The summed E-state index contributed by atoms with van der Waals surface area (Å²) >= 11 is 5.76. The zero-order valence-corrected chi connectivity index (χ0v) is 7.55. The molecule has 0 saturated heterocycles. The monoisotopic (exact) mass is 185 g/mol. The fourth-order valence-electron chi connectivity index (χ4n) is 0.817. The average Bonchev–Trinajstić information content (AvgIpc) is 2.05. The molecule has 0 bridgehead atoms. The molecule has 1 rings (SSSR count). The van der Waals surface area contributed by atoms with E-state index in [-0.39, 0.29) is 0 Å². The van der Waals surface area contributed by atoms with Gasteiger partial charge in [0.2, 0.25) is 0 Å². The Morgan fingerprint density at radius 1 is 1.50 bits per heavy atom. The van der Waals surface area contributed by atoms with Gasteiger partial charge in [0, 0.05) is 5.02 Å². The van der Waals surface area contributed by atoms with Gasteiger partial charge in [0.25, 0.3) is 0 Å². The average molecular weight is 186 g/mol. The number of ether oxygens (including phenoxy) is 1. The fourth-order valence-corrected chi connectivity index (χ4v) is 0.997. The van der Waals surface area contributed by atoms with Crippen LogP contribution in [0.1, 0.15) is 0 Å². The molecule has 3 heteroatoms. The van der Waals surface area contributed by atoms with Crippen LogP contribution in [0.2, 0.25) is 5.02 Å². The Morgan fingerprint density at radius 3 is 3.00 bits per heavy atom. The van der Waals surface area contributed by atoms with Crippen molar-refractivity contribution in [2.45, 2.75) is 0 Å². The minimum Gasteiger partial charge on any atom is -0.488 e. The van der Waals surface area contributed by atoms with Crippen molar-refractivity contribution in [2.24, 2.45) is 0 Å². The molecule has 0 aliphatic heterocycles. The van der Waals surface area contributed by atoms with E-state index in [0.717, 1.165) is 12.3 Å². The molecule has 0 heterocycles. The van der Waals surface area contributed by atoms with Gasteiger partial charge in [-0.25, -0.2) is 0 Å². The minimum atomic E-state index is 0.657. The Balaban J connectivity index is 2.41. The number of halogens is 1. The van der Waals surface area contributed by atoms with Crippen LogP contribution in [0.15, 0.2) is 24.3 Å². The predicted molar refractivity (Wildman–Crippen MR) is 49.1 cm³/mol. The number of hydrogen-bond donors (Lipinski definition) is 1. The normalized spacial score (nSPS) is 9.83. The van der Waals surface area contributed by atoms with E-state index in [9.17, 15) is 0 Å². The van der Waals surface area contributed by atoms with Crippen LogP contribution in [-0.4, -0.2) is 13.2 Å². The number of benzene rings is 1. The third-order valence-electron chi connectivity index (χ3n) is 1.39. The summed E-state index contributed by atoms with van der Waals surface area (Å²) in [6.07, 6.45) is 0. The number of nitrogens with two attached hydrogens (primary N) is 1. The van der Waals surface area contributed by atoms with Crippen LogP contribution in [-0.2, 0) is 0 Å². The van der Waals surface area contributed by atoms with Crippen LogP contribution in [0.5, 0.6) is 5.75 Å². The van der Waals surface area contributed by atoms with Gasteiger partial charge in [-0.2, -0.15) is 7.05 Å². The van der Waals surface area contributed by atoms with Gasteiger partial charge in [-0.1, -0.05) is 17.7 Å². The maximum atomic E-state index is 5.76. The highest BCUT2D eigenvalue weighted by atomic mass is 35.5. The van der Waals surface area contributed by atoms with Gasteiger partial charge in [-0.3, -0.25) is 0 Å². The van der Waals surface area contributed by atoms with E-state index in [4.69, 9.17) is 16.3 Å². The van der Waals surface area contributed by atoms with Crippen LogP contribution in [0.25, 0.3) is 0 Å². The minimum absolute atomic E-state index is 0.657. The van der Waals surface area contributed by atoms with E-state index in [2.05, 4.69) is 7.05 Å². The first-order valence-corrected chi connectivity index (χ1v) is 4.20. The van der Waals surface area contributed by atoms with Gasteiger partial charge in [0.05, 0.1) is 6.54 Å². The summed E-state index contributed by atoms with van der Waals surface area (Å²) in [5.41, 5.74) is 0. The highest BCUT2D eigenvalue weighted by molar-refractivity contribution is 6.30. The molecule has 2 N–H and O–H groups in total. The molecule has 2 nitrogen and oxygen atoms in total. The zero-order chi connectivity index (χ0) is 8.81. The Bertz CT molecular complexity index is 240.